The normalized spacial score (nSPS) is 22.6. The number of anilines is 1. The lowest BCUT2D eigenvalue weighted by molar-refractivity contribution is -0.116. The first-order chi connectivity index (χ1) is 10.8. The standard InChI is InChI=1S/C16H21ClN2O4/c1-10-8-19(9-16(2,3)23-10)15(20)18-12-7-14-13(6-11(12)17)21-4-5-22-14/h6-7,10H,4-5,8-9H2,1-3H3,(H,18,20). The molecule has 2 aliphatic rings. The lowest BCUT2D eigenvalue weighted by Crippen LogP contribution is -2.54. The smallest absolute Gasteiger partial charge is 0.322 e. The molecule has 2 aliphatic heterocycles. The molecule has 0 radical (unpaired) electrons. The summed E-state index contributed by atoms with van der Waals surface area (Å²) in [5.74, 6) is 1.19. The van der Waals surface area contributed by atoms with Crippen LogP contribution in [0.5, 0.6) is 11.5 Å². The summed E-state index contributed by atoms with van der Waals surface area (Å²) in [6.45, 7) is 7.94. The Morgan fingerprint density at radius 1 is 1.30 bits per heavy atom. The van der Waals surface area contributed by atoms with Crippen molar-refractivity contribution in [2.24, 2.45) is 0 Å². The van der Waals surface area contributed by atoms with Crippen molar-refractivity contribution in [1.29, 1.82) is 0 Å². The van der Waals surface area contributed by atoms with Crippen LogP contribution in [-0.4, -0.2) is 48.9 Å². The molecule has 6 nitrogen and oxygen atoms in total. The fourth-order valence-corrected chi connectivity index (χ4v) is 3.16. The molecule has 1 aromatic carbocycles. The van der Waals surface area contributed by atoms with E-state index in [4.69, 9.17) is 25.8 Å². The molecular weight excluding hydrogens is 320 g/mol. The molecule has 1 aromatic rings. The maximum atomic E-state index is 12.5. The molecule has 126 valence electrons. The van der Waals surface area contributed by atoms with Gasteiger partial charge in [0, 0.05) is 18.7 Å². The van der Waals surface area contributed by atoms with Gasteiger partial charge in [-0.15, -0.1) is 0 Å². The minimum Gasteiger partial charge on any atom is -0.486 e. The van der Waals surface area contributed by atoms with Crippen molar-refractivity contribution in [2.45, 2.75) is 32.5 Å². The third-order valence-corrected chi connectivity index (χ3v) is 4.04. The lowest BCUT2D eigenvalue weighted by atomic mass is 10.1. The first-order valence-electron chi connectivity index (χ1n) is 7.67. The average molecular weight is 341 g/mol. The Morgan fingerprint density at radius 3 is 2.61 bits per heavy atom. The number of nitrogens with one attached hydrogen (secondary N) is 1. The van der Waals surface area contributed by atoms with Gasteiger partial charge >= 0.3 is 6.03 Å². The highest BCUT2D eigenvalue weighted by Crippen LogP contribution is 2.38. The number of hydrogen-bond acceptors (Lipinski definition) is 4. The van der Waals surface area contributed by atoms with Crippen LogP contribution >= 0.6 is 11.6 Å². The van der Waals surface area contributed by atoms with Crippen molar-refractivity contribution in [1.82, 2.24) is 4.90 Å². The largest absolute Gasteiger partial charge is 0.486 e. The van der Waals surface area contributed by atoms with E-state index >= 15 is 0 Å². The van der Waals surface area contributed by atoms with Crippen molar-refractivity contribution in [2.75, 3.05) is 31.6 Å². The third kappa shape index (κ3) is 3.64. The average Bonchev–Trinajstić information content (AvgIpc) is 2.46. The van der Waals surface area contributed by atoms with Crippen LogP contribution < -0.4 is 14.8 Å². The van der Waals surface area contributed by atoms with Gasteiger partial charge in [-0.3, -0.25) is 0 Å². The van der Waals surface area contributed by atoms with Gasteiger partial charge in [0.05, 0.1) is 29.0 Å². The zero-order valence-corrected chi connectivity index (χ0v) is 14.3. The summed E-state index contributed by atoms with van der Waals surface area (Å²) in [7, 11) is 0. The molecule has 0 saturated carbocycles. The van der Waals surface area contributed by atoms with Crippen LogP contribution in [0.3, 0.4) is 0 Å². The number of nitrogens with zero attached hydrogens (tertiary/aromatic N) is 1. The van der Waals surface area contributed by atoms with Crippen molar-refractivity contribution < 1.29 is 19.0 Å². The van der Waals surface area contributed by atoms with Crippen LogP contribution in [0.1, 0.15) is 20.8 Å². The Balaban J connectivity index is 1.75. The van der Waals surface area contributed by atoms with Gasteiger partial charge < -0.3 is 24.4 Å². The zero-order chi connectivity index (χ0) is 16.6. The number of amides is 2. The number of carbonyl (C=O) groups is 1. The highest BCUT2D eigenvalue weighted by atomic mass is 35.5. The number of halogens is 1. The van der Waals surface area contributed by atoms with E-state index in [-0.39, 0.29) is 17.7 Å². The fraction of sp³-hybridized carbons (Fsp3) is 0.562. The summed E-state index contributed by atoms with van der Waals surface area (Å²) in [6, 6.07) is 3.16. The number of urea groups is 1. The highest BCUT2D eigenvalue weighted by molar-refractivity contribution is 6.34. The Hall–Kier alpha value is -1.66. The Morgan fingerprint density at radius 2 is 1.96 bits per heavy atom. The van der Waals surface area contributed by atoms with E-state index in [1.165, 1.54) is 0 Å². The van der Waals surface area contributed by atoms with Crippen molar-refractivity contribution in [3.63, 3.8) is 0 Å². The molecular formula is C16H21ClN2O4. The number of ether oxygens (including phenoxy) is 3. The van der Waals surface area contributed by atoms with Gasteiger partial charge in [-0.25, -0.2) is 4.79 Å². The van der Waals surface area contributed by atoms with Crippen LogP contribution in [-0.2, 0) is 4.74 Å². The summed E-state index contributed by atoms with van der Waals surface area (Å²) in [4.78, 5) is 14.3. The zero-order valence-electron chi connectivity index (χ0n) is 13.5. The van der Waals surface area contributed by atoms with E-state index in [1.807, 2.05) is 20.8 Å². The molecule has 23 heavy (non-hydrogen) atoms. The molecule has 1 atom stereocenters. The van der Waals surface area contributed by atoms with Crippen LogP contribution in [0.15, 0.2) is 12.1 Å². The summed E-state index contributed by atoms with van der Waals surface area (Å²) < 4.78 is 16.8. The van der Waals surface area contributed by atoms with Gasteiger partial charge in [0.15, 0.2) is 11.5 Å². The van der Waals surface area contributed by atoms with Crippen LogP contribution in [0.2, 0.25) is 5.02 Å². The quantitative estimate of drug-likeness (QED) is 0.853. The Bertz CT molecular complexity index is 620. The first kappa shape index (κ1) is 16.2. The van der Waals surface area contributed by atoms with Crippen LogP contribution in [0.25, 0.3) is 0 Å². The Kier molecular flexibility index (Phi) is 4.29. The molecule has 0 aliphatic carbocycles. The van der Waals surface area contributed by atoms with Gasteiger partial charge in [0.25, 0.3) is 0 Å². The second-order valence-electron chi connectivity index (χ2n) is 6.47. The van der Waals surface area contributed by atoms with E-state index < -0.39 is 0 Å². The molecule has 3 rings (SSSR count). The minimum absolute atomic E-state index is 0.0137. The van der Waals surface area contributed by atoms with Crippen LogP contribution in [0.4, 0.5) is 10.5 Å². The van der Waals surface area contributed by atoms with E-state index in [2.05, 4.69) is 5.32 Å². The number of fused-ring (bicyclic) bond motifs is 1. The topological polar surface area (TPSA) is 60.0 Å². The number of hydrogen-bond donors (Lipinski definition) is 1. The molecule has 2 heterocycles. The van der Waals surface area contributed by atoms with E-state index in [0.29, 0.717) is 48.5 Å². The number of benzene rings is 1. The first-order valence-corrected chi connectivity index (χ1v) is 8.05. The van der Waals surface area contributed by atoms with Crippen molar-refractivity contribution in [3.05, 3.63) is 17.2 Å². The predicted molar refractivity (Wildman–Crippen MR) is 87.7 cm³/mol. The number of carbonyl (C=O) groups excluding carboxylic acids is 1. The van der Waals surface area contributed by atoms with E-state index in [1.54, 1.807) is 17.0 Å². The van der Waals surface area contributed by atoms with Crippen molar-refractivity contribution >= 4 is 23.3 Å². The predicted octanol–water partition coefficient (Wildman–Crippen LogP) is 3.14. The number of morpholine rings is 1. The SMILES string of the molecule is CC1CN(C(=O)Nc2cc3c(cc2Cl)OCCO3)CC(C)(C)O1. The fourth-order valence-electron chi connectivity index (χ4n) is 2.96. The van der Waals surface area contributed by atoms with Gasteiger partial charge in [0.1, 0.15) is 13.2 Å². The maximum absolute atomic E-state index is 12.5. The molecule has 1 saturated heterocycles. The van der Waals surface area contributed by atoms with Crippen LogP contribution in [0, 0.1) is 0 Å². The molecule has 0 bridgehead atoms. The molecule has 1 unspecified atom stereocenters. The van der Waals surface area contributed by atoms with Crippen molar-refractivity contribution in [3.8, 4) is 11.5 Å². The molecule has 0 spiro atoms. The summed E-state index contributed by atoms with van der Waals surface area (Å²) in [6.07, 6.45) is -0.0137. The second-order valence-corrected chi connectivity index (χ2v) is 6.88. The van der Waals surface area contributed by atoms with E-state index in [9.17, 15) is 4.79 Å². The minimum atomic E-state index is -0.369. The van der Waals surface area contributed by atoms with Gasteiger partial charge in [0.2, 0.25) is 0 Å². The third-order valence-electron chi connectivity index (χ3n) is 3.73. The van der Waals surface area contributed by atoms with Gasteiger partial charge in [-0.1, -0.05) is 11.6 Å². The molecule has 1 N–H and O–H groups in total. The van der Waals surface area contributed by atoms with Gasteiger partial charge in [-0.05, 0) is 20.8 Å². The van der Waals surface area contributed by atoms with E-state index in [0.717, 1.165) is 0 Å². The molecule has 2 amide bonds. The lowest BCUT2D eigenvalue weighted by Gasteiger charge is -2.41. The molecule has 1 fully saturated rings. The molecule has 7 heteroatoms. The maximum Gasteiger partial charge on any atom is 0.322 e. The highest BCUT2D eigenvalue weighted by Gasteiger charge is 2.34. The monoisotopic (exact) mass is 340 g/mol. The summed E-state index contributed by atoms with van der Waals surface area (Å²) >= 11 is 6.24. The molecule has 0 aromatic heterocycles. The summed E-state index contributed by atoms with van der Waals surface area (Å²) in [5, 5.41) is 3.27. The number of rotatable bonds is 1. The summed E-state index contributed by atoms with van der Waals surface area (Å²) in [5.41, 5.74) is 0.142. The van der Waals surface area contributed by atoms with Gasteiger partial charge in [-0.2, -0.15) is 0 Å². The Labute approximate surface area is 140 Å². The second kappa shape index (κ2) is 6.09.